The summed E-state index contributed by atoms with van der Waals surface area (Å²) >= 11 is 3.62. The molecule has 17 heavy (non-hydrogen) atoms. The molecule has 0 amide bonds. The number of rotatable bonds is 3. The zero-order valence-electron chi connectivity index (χ0n) is 10.7. The van der Waals surface area contributed by atoms with Crippen LogP contribution in [0.25, 0.3) is 0 Å². The molecule has 0 spiro atoms. The van der Waals surface area contributed by atoms with Crippen molar-refractivity contribution >= 4 is 28.3 Å². The van der Waals surface area contributed by atoms with Gasteiger partial charge in [-0.1, -0.05) is 25.6 Å². The van der Waals surface area contributed by atoms with Gasteiger partial charge in [0.25, 0.3) is 0 Å². The second kappa shape index (κ2) is 5.44. The lowest BCUT2D eigenvalue weighted by molar-refractivity contribution is 0.436. The van der Waals surface area contributed by atoms with Gasteiger partial charge in [0.1, 0.15) is 0 Å². The maximum Gasteiger partial charge on any atom is 0.156 e. The predicted octanol–water partition coefficient (Wildman–Crippen LogP) is 3.40. The second-order valence-corrected chi connectivity index (χ2v) is 7.20. The zero-order chi connectivity index (χ0) is 12.3. The van der Waals surface area contributed by atoms with Crippen LogP contribution in [-0.4, -0.2) is 23.5 Å². The molecule has 0 saturated carbocycles. The molecule has 1 aliphatic rings. The largest absolute Gasteiger partial charge is 0.362 e. The molecule has 1 aromatic heterocycles. The Bertz CT molecular complexity index is 382. The lowest BCUT2D eigenvalue weighted by Crippen LogP contribution is -2.37. The van der Waals surface area contributed by atoms with Gasteiger partial charge < -0.3 is 5.32 Å². The highest BCUT2D eigenvalue weighted by Gasteiger charge is 2.23. The molecule has 0 aromatic carbocycles. The Balaban J connectivity index is 1.83. The summed E-state index contributed by atoms with van der Waals surface area (Å²) in [5.74, 6) is 1.16. The molecule has 1 atom stereocenters. The van der Waals surface area contributed by atoms with Gasteiger partial charge in [-0.15, -0.1) is 0 Å². The minimum atomic E-state index is 0.354. The lowest BCUT2D eigenvalue weighted by atomic mass is 9.97. The molecule has 94 valence electrons. The van der Waals surface area contributed by atoms with E-state index in [1.165, 1.54) is 5.56 Å². The Morgan fingerprint density at radius 2 is 2.35 bits per heavy atom. The van der Waals surface area contributed by atoms with Crippen molar-refractivity contribution in [3.63, 3.8) is 0 Å². The van der Waals surface area contributed by atoms with E-state index in [0.717, 1.165) is 23.9 Å². The fourth-order valence-corrected chi connectivity index (χ4v) is 3.49. The van der Waals surface area contributed by atoms with Crippen LogP contribution < -0.4 is 5.32 Å². The van der Waals surface area contributed by atoms with Gasteiger partial charge in [-0.25, -0.2) is 0 Å². The molecule has 1 aliphatic heterocycles. The second-order valence-electron chi connectivity index (χ2n) is 5.46. The molecule has 0 bridgehead atoms. The van der Waals surface area contributed by atoms with Gasteiger partial charge >= 0.3 is 0 Å². The number of amidine groups is 1. The first kappa shape index (κ1) is 13.0. The average molecular weight is 268 g/mol. The monoisotopic (exact) mass is 268 g/mol. The molecular weight excluding hydrogens is 248 g/mol. The molecule has 1 N–H and O–H groups in total. The Kier molecular flexibility index (Phi) is 4.15. The van der Waals surface area contributed by atoms with E-state index in [1.807, 2.05) is 11.8 Å². The summed E-state index contributed by atoms with van der Waals surface area (Å²) in [6.45, 7) is 7.71. The highest BCUT2D eigenvalue weighted by molar-refractivity contribution is 8.13. The van der Waals surface area contributed by atoms with Gasteiger partial charge in [-0.2, -0.15) is 11.3 Å². The molecular formula is C13H20N2S2. The number of hydrogen-bond acceptors (Lipinski definition) is 4. The summed E-state index contributed by atoms with van der Waals surface area (Å²) in [5, 5.41) is 8.99. The third kappa shape index (κ3) is 4.03. The van der Waals surface area contributed by atoms with Crippen LogP contribution in [0, 0.1) is 5.41 Å². The summed E-state index contributed by atoms with van der Waals surface area (Å²) in [4.78, 5) is 4.62. The van der Waals surface area contributed by atoms with E-state index in [4.69, 9.17) is 0 Å². The summed E-state index contributed by atoms with van der Waals surface area (Å²) in [6, 6.07) is 2.65. The zero-order valence-corrected chi connectivity index (χ0v) is 12.3. The van der Waals surface area contributed by atoms with Crippen LogP contribution in [-0.2, 0) is 6.42 Å². The Morgan fingerprint density at radius 1 is 1.53 bits per heavy atom. The molecule has 0 radical (unpaired) electrons. The summed E-state index contributed by atoms with van der Waals surface area (Å²) < 4.78 is 0. The SMILES string of the molecule is CC(Cc1ccsc1)NC1=NCC(C)(C)CS1. The van der Waals surface area contributed by atoms with Gasteiger partial charge in [-0.05, 0) is 41.1 Å². The van der Waals surface area contributed by atoms with Gasteiger partial charge in [-0.3, -0.25) is 4.99 Å². The molecule has 1 unspecified atom stereocenters. The normalized spacial score (nSPS) is 20.8. The van der Waals surface area contributed by atoms with Crippen molar-refractivity contribution in [2.75, 3.05) is 12.3 Å². The number of hydrogen-bond donors (Lipinski definition) is 1. The van der Waals surface area contributed by atoms with E-state index in [0.29, 0.717) is 11.5 Å². The molecule has 0 saturated heterocycles. The fourth-order valence-electron chi connectivity index (χ4n) is 1.75. The van der Waals surface area contributed by atoms with Crippen molar-refractivity contribution in [3.8, 4) is 0 Å². The van der Waals surface area contributed by atoms with Gasteiger partial charge in [0.05, 0.1) is 0 Å². The summed E-state index contributed by atoms with van der Waals surface area (Å²) in [5.41, 5.74) is 1.77. The van der Waals surface area contributed by atoms with Crippen molar-refractivity contribution in [3.05, 3.63) is 22.4 Å². The fraction of sp³-hybridized carbons (Fsp3) is 0.615. The van der Waals surface area contributed by atoms with Crippen LogP contribution in [0.1, 0.15) is 26.3 Å². The van der Waals surface area contributed by atoms with Crippen LogP contribution in [0.5, 0.6) is 0 Å². The minimum absolute atomic E-state index is 0.354. The highest BCUT2D eigenvalue weighted by atomic mass is 32.2. The molecule has 0 aliphatic carbocycles. The summed E-state index contributed by atoms with van der Waals surface area (Å²) in [6.07, 6.45) is 1.08. The number of nitrogens with one attached hydrogen (secondary N) is 1. The van der Waals surface area contributed by atoms with Crippen LogP contribution in [0.2, 0.25) is 0 Å². The van der Waals surface area contributed by atoms with Gasteiger partial charge in [0.15, 0.2) is 5.17 Å². The molecule has 2 heterocycles. The Labute approximate surface area is 112 Å². The van der Waals surface area contributed by atoms with E-state index in [-0.39, 0.29) is 0 Å². The average Bonchev–Trinajstić information content (AvgIpc) is 2.74. The van der Waals surface area contributed by atoms with Crippen molar-refractivity contribution in [2.45, 2.75) is 33.2 Å². The molecule has 4 heteroatoms. The Hall–Kier alpha value is -0.480. The quantitative estimate of drug-likeness (QED) is 0.908. The number of thiophene rings is 1. The molecule has 0 fully saturated rings. The molecule has 2 rings (SSSR count). The van der Waals surface area contributed by atoms with E-state index in [9.17, 15) is 0 Å². The molecule has 2 nitrogen and oxygen atoms in total. The van der Waals surface area contributed by atoms with Crippen LogP contribution in [0.15, 0.2) is 21.8 Å². The lowest BCUT2D eigenvalue weighted by Gasteiger charge is -2.28. The van der Waals surface area contributed by atoms with Crippen LogP contribution >= 0.6 is 23.1 Å². The third-order valence-electron chi connectivity index (χ3n) is 2.74. The first-order valence-corrected chi connectivity index (χ1v) is 7.93. The van der Waals surface area contributed by atoms with Crippen LogP contribution in [0.3, 0.4) is 0 Å². The topological polar surface area (TPSA) is 24.4 Å². The van der Waals surface area contributed by atoms with E-state index < -0.39 is 0 Å². The minimum Gasteiger partial charge on any atom is -0.362 e. The van der Waals surface area contributed by atoms with Gasteiger partial charge in [0, 0.05) is 18.3 Å². The van der Waals surface area contributed by atoms with Gasteiger partial charge in [0.2, 0.25) is 0 Å². The smallest absolute Gasteiger partial charge is 0.156 e. The van der Waals surface area contributed by atoms with Crippen molar-refractivity contribution in [1.29, 1.82) is 0 Å². The number of nitrogens with zero attached hydrogens (tertiary/aromatic N) is 1. The van der Waals surface area contributed by atoms with E-state index >= 15 is 0 Å². The highest BCUT2D eigenvalue weighted by Crippen LogP contribution is 2.27. The molecule has 1 aromatic rings. The number of aliphatic imine (C=N–C) groups is 1. The van der Waals surface area contributed by atoms with E-state index in [2.05, 4.69) is 47.9 Å². The standard InChI is InChI=1S/C13H20N2S2/c1-10(6-11-4-5-16-7-11)15-12-14-8-13(2,3)9-17-12/h4-5,7,10H,6,8-9H2,1-3H3,(H,14,15). The van der Waals surface area contributed by atoms with E-state index in [1.54, 1.807) is 11.3 Å². The first-order valence-electron chi connectivity index (χ1n) is 6.00. The third-order valence-corrected chi connectivity index (χ3v) is 4.92. The predicted molar refractivity (Wildman–Crippen MR) is 79.2 cm³/mol. The Morgan fingerprint density at radius 3 is 2.94 bits per heavy atom. The summed E-state index contributed by atoms with van der Waals surface area (Å²) in [7, 11) is 0. The number of thioether (sulfide) groups is 1. The van der Waals surface area contributed by atoms with Crippen molar-refractivity contribution < 1.29 is 0 Å². The van der Waals surface area contributed by atoms with Crippen LogP contribution in [0.4, 0.5) is 0 Å². The van der Waals surface area contributed by atoms with Crippen molar-refractivity contribution in [1.82, 2.24) is 5.32 Å². The van der Waals surface area contributed by atoms with Crippen molar-refractivity contribution in [2.24, 2.45) is 10.4 Å². The first-order chi connectivity index (χ1) is 8.05. The maximum atomic E-state index is 4.62. The maximum absolute atomic E-state index is 4.62.